The van der Waals surface area contributed by atoms with Gasteiger partial charge in [0.2, 0.25) is 0 Å². The molecular formula is C12H21N3O. The van der Waals surface area contributed by atoms with Gasteiger partial charge in [0.25, 0.3) is 0 Å². The van der Waals surface area contributed by atoms with Gasteiger partial charge in [0.05, 0.1) is 30.1 Å². The minimum absolute atomic E-state index is 0.109. The fraction of sp³-hybridized carbons (Fsp3) is 0.667. The Morgan fingerprint density at radius 1 is 1.38 bits per heavy atom. The molecule has 4 nitrogen and oxygen atoms in total. The van der Waals surface area contributed by atoms with E-state index in [0.29, 0.717) is 6.61 Å². The second kappa shape index (κ2) is 5.92. The molecule has 1 aromatic rings. The first-order valence-corrected chi connectivity index (χ1v) is 5.66. The van der Waals surface area contributed by atoms with Crippen molar-refractivity contribution < 1.29 is 4.74 Å². The number of ether oxygens (including phenoxy) is 1. The summed E-state index contributed by atoms with van der Waals surface area (Å²) in [6.45, 7) is 9.71. The standard InChI is InChI=1S/C12H21N3O/c1-5-14-11(9-16-12(2,3)4)10-8-13-6-7-15-10/h6-8,11,14H,5,9H2,1-4H3. The average Bonchev–Trinajstić information content (AvgIpc) is 2.24. The van der Waals surface area contributed by atoms with Gasteiger partial charge >= 0.3 is 0 Å². The Hall–Kier alpha value is -1.00. The summed E-state index contributed by atoms with van der Waals surface area (Å²) in [5.41, 5.74) is 0.796. The number of rotatable bonds is 5. The van der Waals surface area contributed by atoms with Crippen molar-refractivity contribution in [2.24, 2.45) is 0 Å². The summed E-state index contributed by atoms with van der Waals surface area (Å²) in [5, 5.41) is 3.34. The van der Waals surface area contributed by atoms with E-state index in [-0.39, 0.29) is 11.6 Å². The number of aromatic nitrogens is 2. The molecule has 0 radical (unpaired) electrons. The summed E-state index contributed by atoms with van der Waals surface area (Å²) in [6.07, 6.45) is 5.16. The van der Waals surface area contributed by atoms with Crippen LogP contribution in [0.2, 0.25) is 0 Å². The van der Waals surface area contributed by atoms with Crippen LogP contribution in [0.4, 0.5) is 0 Å². The minimum Gasteiger partial charge on any atom is -0.374 e. The highest BCUT2D eigenvalue weighted by Gasteiger charge is 2.17. The molecule has 1 heterocycles. The van der Waals surface area contributed by atoms with Crippen molar-refractivity contribution in [2.45, 2.75) is 39.3 Å². The van der Waals surface area contributed by atoms with Crippen molar-refractivity contribution in [1.82, 2.24) is 15.3 Å². The van der Waals surface area contributed by atoms with Crippen LogP contribution in [0.5, 0.6) is 0 Å². The van der Waals surface area contributed by atoms with Crippen molar-refractivity contribution in [1.29, 1.82) is 0 Å². The zero-order valence-electron chi connectivity index (χ0n) is 10.5. The predicted molar refractivity (Wildman–Crippen MR) is 64.2 cm³/mol. The van der Waals surface area contributed by atoms with E-state index in [4.69, 9.17) is 4.74 Å². The van der Waals surface area contributed by atoms with Gasteiger partial charge in [0, 0.05) is 12.4 Å². The van der Waals surface area contributed by atoms with Crippen LogP contribution in [0, 0.1) is 0 Å². The molecule has 0 aliphatic carbocycles. The number of likely N-dealkylation sites (N-methyl/N-ethyl adjacent to an activating group) is 1. The first-order chi connectivity index (χ1) is 7.53. The van der Waals surface area contributed by atoms with Crippen LogP contribution in [0.3, 0.4) is 0 Å². The van der Waals surface area contributed by atoms with Gasteiger partial charge in [-0.3, -0.25) is 9.97 Å². The van der Waals surface area contributed by atoms with E-state index in [9.17, 15) is 0 Å². The third kappa shape index (κ3) is 4.68. The van der Waals surface area contributed by atoms with Gasteiger partial charge in [0.15, 0.2) is 0 Å². The van der Waals surface area contributed by atoms with Crippen molar-refractivity contribution in [2.75, 3.05) is 13.2 Å². The Morgan fingerprint density at radius 2 is 2.12 bits per heavy atom. The van der Waals surface area contributed by atoms with Crippen LogP contribution in [0.25, 0.3) is 0 Å². The fourth-order valence-corrected chi connectivity index (χ4v) is 1.32. The van der Waals surface area contributed by atoms with Crippen LogP contribution >= 0.6 is 0 Å². The molecule has 1 aromatic heterocycles. The molecule has 16 heavy (non-hydrogen) atoms. The topological polar surface area (TPSA) is 47.0 Å². The van der Waals surface area contributed by atoms with E-state index in [1.807, 2.05) is 20.8 Å². The second-order valence-electron chi connectivity index (χ2n) is 4.66. The molecule has 1 N–H and O–H groups in total. The summed E-state index contributed by atoms with van der Waals surface area (Å²) < 4.78 is 5.77. The molecule has 0 saturated carbocycles. The quantitative estimate of drug-likeness (QED) is 0.828. The third-order valence-corrected chi connectivity index (χ3v) is 2.07. The SMILES string of the molecule is CCNC(COC(C)(C)C)c1cnccn1. The second-order valence-corrected chi connectivity index (χ2v) is 4.66. The van der Waals surface area contributed by atoms with Gasteiger partial charge in [-0.1, -0.05) is 6.92 Å². The van der Waals surface area contributed by atoms with Gasteiger partial charge in [-0.25, -0.2) is 0 Å². The van der Waals surface area contributed by atoms with Crippen molar-refractivity contribution in [3.8, 4) is 0 Å². The summed E-state index contributed by atoms with van der Waals surface area (Å²) in [5.74, 6) is 0. The summed E-state index contributed by atoms with van der Waals surface area (Å²) >= 11 is 0. The lowest BCUT2D eigenvalue weighted by atomic mass is 10.1. The maximum absolute atomic E-state index is 5.77. The Labute approximate surface area is 97.5 Å². The van der Waals surface area contributed by atoms with E-state index in [1.54, 1.807) is 18.6 Å². The van der Waals surface area contributed by atoms with Crippen molar-refractivity contribution in [3.63, 3.8) is 0 Å². The predicted octanol–water partition coefficient (Wildman–Crippen LogP) is 1.94. The first-order valence-electron chi connectivity index (χ1n) is 5.66. The maximum atomic E-state index is 5.77. The summed E-state index contributed by atoms with van der Waals surface area (Å²) in [6, 6.07) is 0.109. The smallest absolute Gasteiger partial charge is 0.0779 e. The number of nitrogens with one attached hydrogen (secondary N) is 1. The van der Waals surface area contributed by atoms with Crippen molar-refractivity contribution >= 4 is 0 Å². The van der Waals surface area contributed by atoms with Crippen molar-refractivity contribution in [3.05, 3.63) is 24.3 Å². The lowest BCUT2D eigenvalue weighted by Crippen LogP contribution is -2.30. The van der Waals surface area contributed by atoms with Gasteiger partial charge in [0.1, 0.15) is 0 Å². The number of hydrogen-bond donors (Lipinski definition) is 1. The number of hydrogen-bond acceptors (Lipinski definition) is 4. The van der Waals surface area contributed by atoms with Gasteiger partial charge in [-0.15, -0.1) is 0 Å². The molecule has 4 heteroatoms. The minimum atomic E-state index is -0.129. The molecule has 0 aliphatic heterocycles. The molecule has 1 atom stereocenters. The Balaban J connectivity index is 2.61. The molecule has 0 aliphatic rings. The van der Waals surface area contributed by atoms with Crippen LogP contribution < -0.4 is 5.32 Å². The first kappa shape index (κ1) is 13.1. The Morgan fingerprint density at radius 3 is 2.62 bits per heavy atom. The highest BCUT2D eigenvalue weighted by Crippen LogP contribution is 2.14. The molecule has 1 rings (SSSR count). The summed E-state index contributed by atoms with van der Waals surface area (Å²) in [4.78, 5) is 8.37. The largest absolute Gasteiger partial charge is 0.374 e. The molecule has 0 fully saturated rings. The van der Waals surface area contributed by atoms with E-state index >= 15 is 0 Å². The van der Waals surface area contributed by atoms with Crippen LogP contribution in [-0.2, 0) is 4.74 Å². The Bertz CT molecular complexity index is 295. The third-order valence-electron chi connectivity index (χ3n) is 2.07. The monoisotopic (exact) mass is 223 g/mol. The Kier molecular flexibility index (Phi) is 4.83. The molecule has 90 valence electrons. The van der Waals surface area contributed by atoms with Gasteiger partial charge in [-0.05, 0) is 27.3 Å². The van der Waals surface area contributed by atoms with Crippen LogP contribution in [-0.4, -0.2) is 28.7 Å². The van der Waals surface area contributed by atoms with E-state index < -0.39 is 0 Å². The van der Waals surface area contributed by atoms with Crippen LogP contribution in [0.1, 0.15) is 39.4 Å². The molecular weight excluding hydrogens is 202 g/mol. The molecule has 0 amide bonds. The zero-order valence-corrected chi connectivity index (χ0v) is 10.5. The fourth-order valence-electron chi connectivity index (χ4n) is 1.32. The average molecular weight is 223 g/mol. The van der Waals surface area contributed by atoms with E-state index in [0.717, 1.165) is 12.2 Å². The molecule has 0 spiro atoms. The highest BCUT2D eigenvalue weighted by atomic mass is 16.5. The lowest BCUT2D eigenvalue weighted by molar-refractivity contribution is -0.0151. The normalized spacial score (nSPS) is 13.8. The van der Waals surface area contributed by atoms with Gasteiger partial charge in [-0.2, -0.15) is 0 Å². The molecule has 1 unspecified atom stereocenters. The number of nitrogens with zero attached hydrogens (tertiary/aromatic N) is 2. The van der Waals surface area contributed by atoms with E-state index in [2.05, 4.69) is 22.2 Å². The lowest BCUT2D eigenvalue weighted by Gasteiger charge is -2.24. The van der Waals surface area contributed by atoms with Gasteiger partial charge < -0.3 is 10.1 Å². The highest BCUT2D eigenvalue weighted by molar-refractivity contribution is 5.02. The molecule has 0 saturated heterocycles. The van der Waals surface area contributed by atoms with Crippen LogP contribution in [0.15, 0.2) is 18.6 Å². The van der Waals surface area contributed by atoms with E-state index in [1.165, 1.54) is 0 Å². The molecule has 0 aromatic carbocycles. The summed E-state index contributed by atoms with van der Waals surface area (Å²) in [7, 11) is 0. The molecule has 0 bridgehead atoms. The maximum Gasteiger partial charge on any atom is 0.0779 e. The zero-order chi connectivity index (χ0) is 12.0.